The summed E-state index contributed by atoms with van der Waals surface area (Å²) in [6, 6.07) is 77.2. The lowest BCUT2D eigenvalue weighted by Gasteiger charge is -2.30. The molecule has 0 saturated carbocycles. The van der Waals surface area contributed by atoms with Crippen LogP contribution >= 0.6 is 11.3 Å². The van der Waals surface area contributed by atoms with E-state index < -0.39 is 0 Å². The van der Waals surface area contributed by atoms with Gasteiger partial charge in [-0.3, -0.25) is 0 Å². The summed E-state index contributed by atoms with van der Waals surface area (Å²) >= 11 is 1.87. The van der Waals surface area contributed by atoms with E-state index in [0.717, 1.165) is 17.1 Å². The second kappa shape index (κ2) is 13.7. The highest BCUT2D eigenvalue weighted by Crippen LogP contribution is 2.49. The largest absolute Gasteiger partial charge is 0.308 e. The third-order valence-electron chi connectivity index (χ3n) is 10.5. The Kier molecular flexibility index (Phi) is 8.09. The van der Waals surface area contributed by atoms with Crippen LogP contribution in [0.15, 0.2) is 212 Å². The monoisotopic (exact) mass is 705 g/mol. The maximum absolute atomic E-state index is 2.49. The van der Waals surface area contributed by atoms with Gasteiger partial charge in [-0.15, -0.1) is 11.3 Å². The van der Waals surface area contributed by atoms with Crippen LogP contribution in [0.5, 0.6) is 0 Å². The Morgan fingerprint density at radius 1 is 0.315 bits per heavy atom. The Morgan fingerprint density at radius 3 is 1.65 bits per heavy atom. The summed E-state index contributed by atoms with van der Waals surface area (Å²) < 4.78 is 2.56. The molecule has 0 amide bonds. The van der Waals surface area contributed by atoms with E-state index in [0.29, 0.717) is 0 Å². The lowest BCUT2D eigenvalue weighted by Crippen LogP contribution is -2.12. The molecule has 1 aromatic heterocycles. The minimum absolute atomic E-state index is 1.11. The number of benzene rings is 9. The minimum Gasteiger partial charge on any atom is -0.308 e. The van der Waals surface area contributed by atoms with Crippen LogP contribution in [0.3, 0.4) is 0 Å². The second-order valence-electron chi connectivity index (χ2n) is 13.6. The summed E-state index contributed by atoms with van der Waals surface area (Å²) in [6.45, 7) is 0. The Hall–Kier alpha value is -6.74. The van der Waals surface area contributed by atoms with E-state index in [1.54, 1.807) is 0 Å². The molecule has 0 N–H and O–H groups in total. The third-order valence-corrected chi connectivity index (χ3v) is 11.7. The van der Waals surface area contributed by atoms with Gasteiger partial charge < -0.3 is 4.90 Å². The van der Waals surface area contributed by atoms with Gasteiger partial charge in [-0.1, -0.05) is 182 Å². The van der Waals surface area contributed by atoms with Crippen LogP contribution in [0.2, 0.25) is 0 Å². The standard InChI is InChI=1S/C52H35NS/c1-3-17-36(18-4-1)41-34-33-39(35-48(41)38-19-5-2-6-20-38)53(50-31-16-29-47-46-27-12-14-32-51(46)54-52(47)50)49-30-13-11-26-45(49)44-25-10-9-24-43(44)42-28-15-22-37-21-7-8-23-40(37)42/h1-35H. The van der Waals surface area contributed by atoms with Crippen molar-refractivity contribution in [2.75, 3.05) is 4.90 Å². The van der Waals surface area contributed by atoms with Crippen molar-refractivity contribution in [3.63, 3.8) is 0 Å². The number of nitrogens with zero attached hydrogens (tertiary/aromatic N) is 1. The summed E-state index contributed by atoms with van der Waals surface area (Å²) in [4.78, 5) is 2.49. The van der Waals surface area contributed by atoms with E-state index in [1.165, 1.54) is 75.5 Å². The molecular formula is C52H35NS. The number of fused-ring (bicyclic) bond motifs is 4. The fourth-order valence-corrected chi connectivity index (χ4v) is 9.23. The van der Waals surface area contributed by atoms with Crippen molar-refractivity contribution in [3.05, 3.63) is 212 Å². The molecule has 0 aliphatic heterocycles. The first-order valence-electron chi connectivity index (χ1n) is 18.4. The summed E-state index contributed by atoms with van der Waals surface area (Å²) in [6.07, 6.45) is 0. The van der Waals surface area contributed by atoms with E-state index in [-0.39, 0.29) is 0 Å². The van der Waals surface area contributed by atoms with Crippen molar-refractivity contribution in [1.82, 2.24) is 0 Å². The summed E-state index contributed by atoms with van der Waals surface area (Å²) in [7, 11) is 0. The van der Waals surface area contributed by atoms with Crippen LogP contribution in [-0.4, -0.2) is 0 Å². The molecule has 0 fully saturated rings. The number of para-hydroxylation sites is 1. The third kappa shape index (κ3) is 5.56. The van der Waals surface area contributed by atoms with Gasteiger partial charge in [-0.2, -0.15) is 0 Å². The fourth-order valence-electron chi connectivity index (χ4n) is 8.02. The molecule has 10 aromatic rings. The van der Waals surface area contributed by atoms with Gasteiger partial charge in [0, 0.05) is 26.7 Å². The van der Waals surface area contributed by atoms with Crippen molar-refractivity contribution < 1.29 is 0 Å². The average molecular weight is 706 g/mol. The minimum atomic E-state index is 1.11. The highest BCUT2D eigenvalue weighted by molar-refractivity contribution is 7.26. The van der Waals surface area contributed by atoms with Crippen LogP contribution in [0.4, 0.5) is 17.1 Å². The maximum Gasteiger partial charge on any atom is 0.0640 e. The van der Waals surface area contributed by atoms with E-state index in [2.05, 4.69) is 217 Å². The van der Waals surface area contributed by atoms with Gasteiger partial charge in [0.2, 0.25) is 0 Å². The molecule has 10 rings (SSSR count). The normalized spacial score (nSPS) is 11.3. The van der Waals surface area contributed by atoms with Gasteiger partial charge in [-0.05, 0) is 80.0 Å². The van der Waals surface area contributed by atoms with Gasteiger partial charge in [0.1, 0.15) is 0 Å². The topological polar surface area (TPSA) is 3.24 Å². The molecule has 0 radical (unpaired) electrons. The molecule has 0 saturated heterocycles. The SMILES string of the molecule is c1ccc(-c2ccc(N(c3ccccc3-c3ccccc3-c3cccc4ccccc34)c3cccc4c3sc3ccccc34)cc2-c2ccccc2)cc1. The predicted molar refractivity (Wildman–Crippen MR) is 233 cm³/mol. The lowest BCUT2D eigenvalue weighted by atomic mass is 9.90. The zero-order chi connectivity index (χ0) is 35.8. The smallest absolute Gasteiger partial charge is 0.0640 e. The van der Waals surface area contributed by atoms with Gasteiger partial charge in [-0.25, -0.2) is 0 Å². The van der Waals surface area contributed by atoms with Crippen molar-refractivity contribution in [2.24, 2.45) is 0 Å². The van der Waals surface area contributed by atoms with Gasteiger partial charge in [0.05, 0.1) is 16.1 Å². The van der Waals surface area contributed by atoms with Crippen molar-refractivity contribution >= 4 is 59.3 Å². The Morgan fingerprint density at radius 2 is 0.852 bits per heavy atom. The molecule has 9 aromatic carbocycles. The van der Waals surface area contributed by atoms with Gasteiger partial charge >= 0.3 is 0 Å². The molecule has 2 heteroatoms. The zero-order valence-electron chi connectivity index (χ0n) is 29.6. The average Bonchev–Trinajstić information content (AvgIpc) is 3.64. The number of hydrogen-bond donors (Lipinski definition) is 0. The van der Waals surface area contributed by atoms with Crippen LogP contribution in [-0.2, 0) is 0 Å². The van der Waals surface area contributed by atoms with Crippen molar-refractivity contribution in [2.45, 2.75) is 0 Å². The first kappa shape index (κ1) is 32.0. The second-order valence-corrected chi connectivity index (χ2v) is 14.7. The van der Waals surface area contributed by atoms with Crippen LogP contribution in [0, 0.1) is 0 Å². The summed E-state index contributed by atoms with van der Waals surface area (Å²) in [5, 5.41) is 5.05. The molecule has 0 spiro atoms. The molecule has 254 valence electrons. The Bertz CT molecular complexity index is 2940. The Balaban J connectivity index is 1.26. The molecule has 1 heterocycles. The zero-order valence-corrected chi connectivity index (χ0v) is 30.4. The first-order chi connectivity index (χ1) is 26.8. The lowest BCUT2D eigenvalue weighted by molar-refractivity contribution is 1.30. The number of hydrogen-bond acceptors (Lipinski definition) is 2. The maximum atomic E-state index is 2.49. The van der Waals surface area contributed by atoms with E-state index in [1.807, 2.05) is 11.3 Å². The predicted octanol–water partition coefficient (Wildman–Crippen LogP) is 15.3. The highest BCUT2D eigenvalue weighted by atomic mass is 32.1. The van der Waals surface area contributed by atoms with Crippen molar-refractivity contribution in [1.29, 1.82) is 0 Å². The molecule has 1 nitrogen and oxygen atoms in total. The number of thiophene rings is 1. The molecule has 0 aliphatic rings. The molecular weight excluding hydrogens is 671 g/mol. The molecule has 0 aliphatic carbocycles. The fraction of sp³-hybridized carbons (Fsp3) is 0. The van der Waals surface area contributed by atoms with E-state index >= 15 is 0 Å². The number of anilines is 3. The first-order valence-corrected chi connectivity index (χ1v) is 19.3. The summed E-state index contributed by atoms with van der Waals surface area (Å²) in [5.41, 5.74) is 13.0. The molecule has 0 unspecified atom stereocenters. The number of rotatable bonds is 7. The van der Waals surface area contributed by atoms with Crippen LogP contribution < -0.4 is 4.90 Å². The highest BCUT2D eigenvalue weighted by Gasteiger charge is 2.23. The molecule has 0 bridgehead atoms. The van der Waals surface area contributed by atoms with Gasteiger partial charge in [0.15, 0.2) is 0 Å². The van der Waals surface area contributed by atoms with Crippen LogP contribution in [0.25, 0.3) is 75.5 Å². The Labute approximate surface area is 319 Å². The van der Waals surface area contributed by atoms with Crippen LogP contribution in [0.1, 0.15) is 0 Å². The van der Waals surface area contributed by atoms with Crippen molar-refractivity contribution in [3.8, 4) is 44.5 Å². The quantitative estimate of drug-likeness (QED) is 0.160. The van der Waals surface area contributed by atoms with Gasteiger partial charge in [0.25, 0.3) is 0 Å². The van der Waals surface area contributed by atoms with E-state index in [4.69, 9.17) is 0 Å². The molecule has 54 heavy (non-hydrogen) atoms. The van der Waals surface area contributed by atoms with E-state index in [9.17, 15) is 0 Å². The molecule has 0 atom stereocenters. The summed E-state index contributed by atoms with van der Waals surface area (Å²) in [5.74, 6) is 0.